The molecule has 0 aromatic heterocycles. The Morgan fingerprint density at radius 3 is 2.78 bits per heavy atom. The van der Waals surface area contributed by atoms with Crippen LogP contribution in [0.2, 0.25) is 0 Å². The van der Waals surface area contributed by atoms with Crippen molar-refractivity contribution >= 4 is 17.8 Å². The number of aryl methyl sites for hydroxylation is 1. The number of benzene rings is 1. The first-order valence-corrected chi connectivity index (χ1v) is 8.49. The molecule has 4 nitrogen and oxygen atoms in total. The maximum absolute atomic E-state index is 12.3. The predicted octanol–water partition coefficient (Wildman–Crippen LogP) is 3.71. The number of hydrogen-bond acceptors (Lipinski definition) is 3. The summed E-state index contributed by atoms with van der Waals surface area (Å²) in [5.41, 5.74) is 2.61. The highest BCUT2D eigenvalue weighted by molar-refractivity contribution is 6.15. The van der Waals surface area contributed by atoms with Crippen molar-refractivity contribution in [3.63, 3.8) is 0 Å². The number of aliphatic imine (C=N–C) groups is 1. The summed E-state index contributed by atoms with van der Waals surface area (Å²) in [4.78, 5) is 16.8. The summed E-state index contributed by atoms with van der Waals surface area (Å²) in [6.07, 6.45) is 8.78. The number of methoxy groups -OCH3 is 1. The highest BCUT2D eigenvalue weighted by atomic mass is 16.5. The van der Waals surface area contributed by atoms with E-state index in [1.54, 1.807) is 7.11 Å². The third-order valence-corrected chi connectivity index (χ3v) is 4.70. The first-order valence-electron chi connectivity index (χ1n) is 8.49. The molecular formula is C19H24N2O2. The molecule has 23 heavy (non-hydrogen) atoms. The fourth-order valence-electron chi connectivity index (χ4n) is 3.32. The lowest BCUT2D eigenvalue weighted by molar-refractivity contribution is -0.115. The van der Waals surface area contributed by atoms with Gasteiger partial charge in [-0.3, -0.25) is 4.79 Å². The van der Waals surface area contributed by atoms with Crippen molar-refractivity contribution in [1.29, 1.82) is 0 Å². The molecule has 1 amide bonds. The average Bonchev–Trinajstić information content (AvgIpc) is 2.96. The SMILES string of the molecule is CCc1ccc(OC)c(/C=C2/N=C(C3CCCCC3)NC2=O)c1. The predicted molar refractivity (Wildman–Crippen MR) is 92.5 cm³/mol. The monoisotopic (exact) mass is 312 g/mol. The van der Waals surface area contributed by atoms with Crippen molar-refractivity contribution in [1.82, 2.24) is 5.32 Å². The van der Waals surface area contributed by atoms with E-state index in [9.17, 15) is 4.79 Å². The number of ether oxygens (including phenoxy) is 1. The molecule has 4 heteroatoms. The van der Waals surface area contributed by atoms with Gasteiger partial charge in [-0.25, -0.2) is 4.99 Å². The Kier molecular flexibility index (Phi) is 4.79. The van der Waals surface area contributed by atoms with Crippen LogP contribution in [0.5, 0.6) is 5.75 Å². The minimum Gasteiger partial charge on any atom is -0.496 e. The van der Waals surface area contributed by atoms with E-state index in [4.69, 9.17) is 4.74 Å². The van der Waals surface area contributed by atoms with Crippen LogP contribution >= 0.6 is 0 Å². The second-order valence-corrected chi connectivity index (χ2v) is 6.25. The van der Waals surface area contributed by atoms with Gasteiger partial charge in [-0.15, -0.1) is 0 Å². The van der Waals surface area contributed by atoms with E-state index in [1.165, 1.54) is 24.8 Å². The highest BCUT2D eigenvalue weighted by Crippen LogP contribution is 2.28. The fraction of sp³-hybridized carbons (Fsp3) is 0.474. The number of amides is 1. The lowest BCUT2D eigenvalue weighted by atomic mass is 9.88. The van der Waals surface area contributed by atoms with Crippen LogP contribution in [0.1, 0.15) is 50.2 Å². The summed E-state index contributed by atoms with van der Waals surface area (Å²) in [6, 6.07) is 6.06. The molecule has 1 heterocycles. The van der Waals surface area contributed by atoms with Gasteiger partial charge in [-0.2, -0.15) is 0 Å². The van der Waals surface area contributed by atoms with Gasteiger partial charge >= 0.3 is 0 Å². The van der Waals surface area contributed by atoms with Gasteiger partial charge in [0.2, 0.25) is 0 Å². The van der Waals surface area contributed by atoms with Gasteiger partial charge in [0.15, 0.2) is 0 Å². The summed E-state index contributed by atoms with van der Waals surface area (Å²) in [5.74, 6) is 1.92. The standard InChI is InChI=1S/C19H24N2O2/c1-3-13-9-10-17(23-2)15(11-13)12-16-19(22)21-18(20-16)14-7-5-4-6-8-14/h9-12,14H,3-8H2,1-2H3,(H,20,21,22)/b16-12+. The fourth-order valence-corrected chi connectivity index (χ4v) is 3.32. The molecule has 0 spiro atoms. The average molecular weight is 312 g/mol. The summed E-state index contributed by atoms with van der Waals surface area (Å²) in [7, 11) is 1.65. The molecule has 1 N–H and O–H groups in total. The molecular weight excluding hydrogens is 288 g/mol. The molecule has 1 aliphatic heterocycles. The summed E-state index contributed by atoms with van der Waals surface area (Å²) in [6.45, 7) is 2.11. The van der Waals surface area contributed by atoms with Crippen LogP contribution in [-0.4, -0.2) is 18.9 Å². The molecule has 1 aromatic rings. The van der Waals surface area contributed by atoms with E-state index in [1.807, 2.05) is 18.2 Å². The van der Waals surface area contributed by atoms with Gasteiger partial charge in [0.1, 0.15) is 17.3 Å². The Labute approximate surface area is 137 Å². The molecule has 3 rings (SSSR count). The number of amidine groups is 1. The van der Waals surface area contributed by atoms with Gasteiger partial charge in [0.05, 0.1) is 7.11 Å². The van der Waals surface area contributed by atoms with Crippen molar-refractivity contribution in [2.24, 2.45) is 10.9 Å². The third-order valence-electron chi connectivity index (χ3n) is 4.70. The van der Waals surface area contributed by atoms with E-state index >= 15 is 0 Å². The molecule has 0 bridgehead atoms. The number of nitrogens with one attached hydrogen (secondary N) is 1. The Morgan fingerprint density at radius 2 is 2.09 bits per heavy atom. The van der Waals surface area contributed by atoms with Gasteiger partial charge in [0, 0.05) is 11.5 Å². The van der Waals surface area contributed by atoms with Crippen LogP contribution in [0.3, 0.4) is 0 Å². The minimum atomic E-state index is -0.102. The second kappa shape index (κ2) is 6.99. The molecule has 122 valence electrons. The van der Waals surface area contributed by atoms with Crippen LogP contribution in [-0.2, 0) is 11.2 Å². The molecule has 1 aliphatic carbocycles. The molecule has 1 aromatic carbocycles. The quantitative estimate of drug-likeness (QED) is 0.862. The number of rotatable bonds is 4. The molecule has 2 aliphatic rings. The number of nitrogens with zero attached hydrogens (tertiary/aromatic N) is 1. The maximum atomic E-state index is 12.3. The molecule has 0 radical (unpaired) electrons. The summed E-state index contributed by atoms with van der Waals surface area (Å²) >= 11 is 0. The van der Waals surface area contributed by atoms with Crippen LogP contribution in [0.15, 0.2) is 28.9 Å². The zero-order valence-electron chi connectivity index (χ0n) is 13.9. The Morgan fingerprint density at radius 1 is 1.30 bits per heavy atom. The highest BCUT2D eigenvalue weighted by Gasteiger charge is 2.27. The Bertz CT molecular complexity index is 655. The van der Waals surface area contributed by atoms with Crippen LogP contribution in [0, 0.1) is 5.92 Å². The van der Waals surface area contributed by atoms with Crippen molar-refractivity contribution in [2.45, 2.75) is 45.4 Å². The number of carbonyl (C=O) groups excluding carboxylic acids is 1. The summed E-state index contributed by atoms with van der Waals surface area (Å²) < 4.78 is 5.41. The molecule has 0 saturated heterocycles. The van der Waals surface area contributed by atoms with E-state index < -0.39 is 0 Å². The molecule has 1 saturated carbocycles. The van der Waals surface area contributed by atoms with Gasteiger partial charge in [0.25, 0.3) is 5.91 Å². The van der Waals surface area contributed by atoms with Crippen molar-refractivity contribution in [3.05, 3.63) is 35.0 Å². The van der Waals surface area contributed by atoms with Gasteiger partial charge in [-0.1, -0.05) is 32.3 Å². The zero-order valence-corrected chi connectivity index (χ0v) is 13.9. The Hall–Kier alpha value is -2.10. The lowest BCUT2D eigenvalue weighted by Crippen LogP contribution is -2.31. The smallest absolute Gasteiger partial charge is 0.275 e. The van der Waals surface area contributed by atoms with E-state index in [0.29, 0.717) is 11.6 Å². The van der Waals surface area contributed by atoms with E-state index in [-0.39, 0.29) is 5.91 Å². The second-order valence-electron chi connectivity index (χ2n) is 6.25. The van der Waals surface area contributed by atoms with Crippen LogP contribution < -0.4 is 10.1 Å². The number of hydrogen-bond donors (Lipinski definition) is 1. The van der Waals surface area contributed by atoms with E-state index in [2.05, 4.69) is 23.3 Å². The Balaban J connectivity index is 1.89. The van der Waals surface area contributed by atoms with Crippen molar-refractivity contribution in [3.8, 4) is 5.75 Å². The largest absolute Gasteiger partial charge is 0.496 e. The maximum Gasteiger partial charge on any atom is 0.275 e. The first kappa shape index (κ1) is 15.8. The van der Waals surface area contributed by atoms with Crippen molar-refractivity contribution < 1.29 is 9.53 Å². The van der Waals surface area contributed by atoms with E-state index in [0.717, 1.165) is 36.4 Å². The third kappa shape index (κ3) is 3.46. The first-order chi connectivity index (χ1) is 11.2. The topological polar surface area (TPSA) is 50.7 Å². The normalized spacial score (nSPS) is 20.5. The zero-order chi connectivity index (χ0) is 16.2. The van der Waals surface area contributed by atoms with Gasteiger partial charge < -0.3 is 10.1 Å². The minimum absolute atomic E-state index is 0.102. The van der Waals surface area contributed by atoms with Crippen molar-refractivity contribution in [2.75, 3.05) is 7.11 Å². The van der Waals surface area contributed by atoms with Crippen LogP contribution in [0.25, 0.3) is 6.08 Å². The number of carbonyl (C=O) groups is 1. The molecule has 0 atom stereocenters. The van der Waals surface area contributed by atoms with Gasteiger partial charge in [-0.05, 0) is 43.0 Å². The lowest BCUT2D eigenvalue weighted by Gasteiger charge is -2.20. The molecule has 1 fully saturated rings. The molecule has 0 unspecified atom stereocenters. The van der Waals surface area contributed by atoms with Crippen LogP contribution in [0.4, 0.5) is 0 Å². The summed E-state index contributed by atoms with van der Waals surface area (Å²) in [5, 5.41) is 2.96.